The van der Waals surface area contributed by atoms with Gasteiger partial charge in [-0.05, 0) is 25.8 Å². The van der Waals surface area contributed by atoms with Crippen molar-refractivity contribution in [2.24, 2.45) is 0 Å². The molecule has 2 N–H and O–H groups in total. The molecule has 0 amide bonds. The Morgan fingerprint density at radius 1 is 1.42 bits per heavy atom. The molecule has 1 saturated heterocycles. The largest absolute Gasteiger partial charge is 0.383 e. The van der Waals surface area contributed by atoms with E-state index in [4.69, 9.17) is 15.2 Å². The van der Waals surface area contributed by atoms with Crippen LogP contribution in [0.5, 0.6) is 0 Å². The maximum Gasteiger partial charge on any atom is 0.158 e. The van der Waals surface area contributed by atoms with Gasteiger partial charge in [0.25, 0.3) is 0 Å². The van der Waals surface area contributed by atoms with Gasteiger partial charge in [-0.3, -0.25) is 0 Å². The number of fused-ring (bicyclic) bond motifs is 1. The van der Waals surface area contributed by atoms with E-state index in [1.807, 2.05) is 0 Å². The van der Waals surface area contributed by atoms with Gasteiger partial charge in [-0.15, -0.1) is 11.3 Å². The highest BCUT2D eigenvalue weighted by Gasteiger charge is 2.17. The third kappa shape index (κ3) is 2.43. The van der Waals surface area contributed by atoms with E-state index < -0.39 is 0 Å². The van der Waals surface area contributed by atoms with Crippen molar-refractivity contribution < 1.29 is 9.47 Å². The standard InChI is InChI=1S/C13H17N3O2S/c1-7-8(2)19-13-11(7)12(14)15-10(16-13)6-18-9-3-4-17-5-9/h9H,3-6H2,1-2H3,(H2,14,15,16). The summed E-state index contributed by atoms with van der Waals surface area (Å²) in [6.45, 7) is 5.96. The van der Waals surface area contributed by atoms with Crippen LogP contribution in [0.25, 0.3) is 10.2 Å². The summed E-state index contributed by atoms with van der Waals surface area (Å²) >= 11 is 1.65. The molecule has 102 valence electrons. The first-order valence-electron chi connectivity index (χ1n) is 6.36. The fraction of sp³-hybridized carbons (Fsp3) is 0.538. The number of hydrogen-bond donors (Lipinski definition) is 1. The summed E-state index contributed by atoms with van der Waals surface area (Å²) in [6.07, 6.45) is 1.10. The van der Waals surface area contributed by atoms with E-state index in [2.05, 4.69) is 23.8 Å². The molecule has 6 heteroatoms. The zero-order valence-corrected chi connectivity index (χ0v) is 11.9. The molecular formula is C13H17N3O2S. The number of nitrogen functional groups attached to an aromatic ring is 1. The van der Waals surface area contributed by atoms with Gasteiger partial charge in [0.1, 0.15) is 17.3 Å². The lowest BCUT2D eigenvalue weighted by Gasteiger charge is -2.09. The summed E-state index contributed by atoms with van der Waals surface area (Å²) in [5.41, 5.74) is 7.21. The number of ether oxygens (including phenoxy) is 2. The molecule has 19 heavy (non-hydrogen) atoms. The van der Waals surface area contributed by atoms with Gasteiger partial charge >= 0.3 is 0 Å². The van der Waals surface area contributed by atoms with E-state index in [1.54, 1.807) is 11.3 Å². The Kier molecular flexibility index (Phi) is 3.38. The number of aryl methyl sites for hydroxylation is 2. The van der Waals surface area contributed by atoms with Gasteiger partial charge in [0.2, 0.25) is 0 Å². The van der Waals surface area contributed by atoms with Crippen LogP contribution < -0.4 is 5.73 Å². The number of rotatable bonds is 3. The molecule has 3 heterocycles. The second-order valence-corrected chi connectivity index (χ2v) is 5.99. The Morgan fingerprint density at radius 2 is 2.26 bits per heavy atom. The Labute approximate surface area is 115 Å². The number of thiophene rings is 1. The van der Waals surface area contributed by atoms with Gasteiger partial charge < -0.3 is 15.2 Å². The predicted molar refractivity (Wildman–Crippen MR) is 75.3 cm³/mol. The summed E-state index contributed by atoms with van der Waals surface area (Å²) in [5, 5.41) is 0.982. The minimum atomic E-state index is 0.160. The molecular weight excluding hydrogens is 262 g/mol. The van der Waals surface area contributed by atoms with Gasteiger partial charge in [0.05, 0.1) is 18.1 Å². The lowest BCUT2D eigenvalue weighted by atomic mass is 10.2. The smallest absolute Gasteiger partial charge is 0.158 e. The SMILES string of the molecule is Cc1sc2nc(COC3CCOC3)nc(N)c2c1C. The predicted octanol–water partition coefficient (Wildman–Crippen LogP) is 2.20. The van der Waals surface area contributed by atoms with Gasteiger partial charge in [-0.25, -0.2) is 9.97 Å². The number of nitrogens with zero attached hydrogens (tertiary/aromatic N) is 2. The lowest BCUT2D eigenvalue weighted by molar-refractivity contribution is 0.0286. The summed E-state index contributed by atoms with van der Waals surface area (Å²) < 4.78 is 11.0. The molecule has 0 aromatic carbocycles. The van der Waals surface area contributed by atoms with Crippen LogP contribution in [0.4, 0.5) is 5.82 Å². The van der Waals surface area contributed by atoms with Crippen LogP contribution >= 0.6 is 11.3 Å². The molecule has 5 nitrogen and oxygen atoms in total. The van der Waals surface area contributed by atoms with Gasteiger partial charge in [0.15, 0.2) is 5.82 Å². The normalized spacial score (nSPS) is 19.4. The molecule has 3 rings (SSSR count). The second kappa shape index (κ2) is 5.03. The molecule has 0 aliphatic carbocycles. The molecule has 2 aromatic heterocycles. The van der Waals surface area contributed by atoms with E-state index in [1.165, 1.54) is 10.4 Å². The number of anilines is 1. The molecule has 0 bridgehead atoms. The molecule has 0 spiro atoms. The van der Waals surface area contributed by atoms with Crippen molar-refractivity contribution in [2.45, 2.75) is 33.0 Å². The van der Waals surface area contributed by atoms with Crippen LogP contribution in [0.1, 0.15) is 22.7 Å². The first kappa shape index (κ1) is 12.8. The summed E-state index contributed by atoms with van der Waals surface area (Å²) in [6, 6.07) is 0. The summed E-state index contributed by atoms with van der Waals surface area (Å²) in [5.74, 6) is 1.20. The van der Waals surface area contributed by atoms with E-state index in [9.17, 15) is 0 Å². The fourth-order valence-electron chi connectivity index (χ4n) is 2.23. The van der Waals surface area contributed by atoms with Crippen molar-refractivity contribution in [3.05, 3.63) is 16.3 Å². The van der Waals surface area contributed by atoms with Crippen molar-refractivity contribution >= 4 is 27.4 Å². The highest BCUT2D eigenvalue weighted by Crippen LogP contribution is 2.31. The van der Waals surface area contributed by atoms with Crippen LogP contribution in [0.2, 0.25) is 0 Å². The zero-order valence-electron chi connectivity index (χ0n) is 11.1. The quantitative estimate of drug-likeness (QED) is 0.932. The second-order valence-electron chi connectivity index (χ2n) is 4.79. The highest BCUT2D eigenvalue weighted by atomic mass is 32.1. The topological polar surface area (TPSA) is 70.3 Å². The molecule has 1 atom stereocenters. The number of hydrogen-bond acceptors (Lipinski definition) is 6. The van der Waals surface area contributed by atoms with E-state index in [0.29, 0.717) is 24.9 Å². The molecule has 1 aliphatic rings. The molecule has 1 aliphatic heterocycles. The van der Waals surface area contributed by atoms with Crippen molar-refractivity contribution in [2.75, 3.05) is 18.9 Å². The maximum absolute atomic E-state index is 6.03. The third-order valence-corrected chi connectivity index (χ3v) is 4.54. The average molecular weight is 279 g/mol. The first-order chi connectivity index (χ1) is 9.15. The summed E-state index contributed by atoms with van der Waals surface area (Å²) in [7, 11) is 0. The van der Waals surface area contributed by atoms with E-state index in [0.717, 1.165) is 23.2 Å². The van der Waals surface area contributed by atoms with Crippen LogP contribution in [0, 0.1) is 13.8 Å². The Morgan fingerprint density at radius 3 is 3.00 bits per heavy atom. The van der Waals surface area contributed by atoms with Gasteiger partial charge in [-0.2, -0.15) is 0 Å². The van der Waals surface area contributed by atoms with Crippen LogP contribution in [0.3, 0.4) is 0 Å². The minimum absolute atomic E-state index is 0.160. The summed E-state index contributed by atoms with van der Waals surface area (Å²) in [4.78, 5) is 11.1. The Bertz CT molecular complexity index is 605. The van der Waals surface area contributed by atoms with Crippen molar-refractivity contribution in [3.8, 4) is 0 Å². The molecule has 0 saturated carbocycles. The first-order valence-corrected chi connectivity index (χ1v) is 7.18. The molecule has 0 radical (unpaired) electrons. The molecule has 1 unspecified atom stereocenters. The Balaban J connectivity index is 1.84. The lowest BCUT2D eigenvalue weighted by Crippen LogP contribution is -2.13. The van der Waals surface area contributed by atoms with E-state index >= 15 is 0 Å². The van der Waals surface area contributed by atoms with E-state index in [-0.39, 0.29) is 6.10 Å². The molecule has 2 aromatic rings. The minimum Gasteiger partial charge on any atom is -0.383 e. The third-order valence-electron chi connectivity index (χ3n) is 3.44. The monoisotopic (exact) mass is 279 g/mol. The Hall–Kier alpha value is -1.24. The number of aromatic nitrogens is 2. The zero-order chi connectivity index (χ0) is 13.4. The number of nitrogens with two attached hydrogens (primary N) is 1. The highest BCUT2D eigenvalue weighted by molar-refractivity contribution is 7.18. The van der Waals surface area contributed by atoms with Crippen LogP contribution in [-0.4, -0.2) is 29.3 Å². The fourth-order valence-corrected chi connectivity index (χ4v) is 3.28. The van der Waals surface area contributed by atoms with Gasteiger partial charge in [-0.1, -0.05) is 0 Å². The van der Waals surface area contributed by atoms with Crippen molar-refractivity contribution in [1.29, 1.82) is 0 Å². The molecule has 1 fully saturated rings. The van der Waals surface area contributed by atoms with Crippen molar-refractivity contribution in [3.63, 3.8) is 0 Å². The maximum atomic E-state index is 6.03. The van der Waals surface area contributed by atoms with Crippen LogP contribution in [0.15, 0.2) is 0 Å². The van der Waals surface area contributed by atoms with Crippen LogP contribution in [-0.2, 0) is 16.1 Å². The van der Waals surface area contributed by atoms with Gasteiger partial charge in [0, 0.05) is 11.5 Å². The van der Waals surface area contributed by atoms with Crippen molar-refractivity contribution in [1.82, 2.24) is 9.97 Å². The average Bonchev–Trinajstić information content (AvgIpc) is 2.96.